The molecular weight excluding hydrogens is 172 g/mol. The Balaban J connectivity index is 1.47. The lowest BCUT2D eigenvalue weighted by Crippen LogP contribution is -2.43. The summed E-state index contributed by atoms with van der Waals surface area (Å²) in [5, 5.41) is 3.65. The van der Waals surface area contributed by atoms with Gasteiger partial charge < -0.3 is 10.2 Å². The summed E-state index contributed by atoms with van der Waals surface area (Å²) in [6.45, 7) is 5.36. The van der Waals surface area contributed by atoms with E-state index in [1.54, 1.807) is 0 Å². The van der Waals surface area contributed by atoms with E-state index in [0.29, 0.717) is 0 Å². The quantitative estimate of drug-likeness (QED) is 0.718. The first-order chi connectivity index (χ1) is 6.86. The number of hydrogen-bond acceptors (Lipinski definition) is 2. The number of rotatable bonds is 2. The summed E-state index contributed by atoms with van der Waals surface area (Å²) >= 11 is 0. The van der Waals surface area contributed by atoms with Gasteiger partial charge in [0.05, 0.1) is 0 Å². The molecule has 0 aromatic heterocycles. The third-order valence-electron chi connectivity index (χ3n) is 4.37. The van der Waals surface area contributed by atoms with Crippen molar-refractivity contribution in [2.75, 3.05) is 26.2 Å². The Morgan fingerprint density at radius 3 is 2.79 bits per heavy atom. The van der Waals surface area contributed by atoms with Crippen LogP contribution in [0.3, 0.4) is 0 Å². The largest absolute Gasteiger partial charge is 0.313 e. The highest BCUT2D eigenvalue weighted by molar-refractivity contribution is 5.00. The summed E-state index contributed by atoms with van der Waals surface area (Å²) in [6, 6.07) is 0.803. The lowest BCUT2D eigenvalue weighted by Gasteiger charge is -2.28. The molecule has 0 bridgehead atoms. The molecule has 0 amide bonds. The molecule has 0 aromatic carbocycles. The van der Waals surface area contributed by atoms with Crippen molar-refractivity contribution in [1.82, 2.24) is 10.2 Å². The standard InChI is InChI=1S/C12H22N2/c1-2-7-13-11(3-1)9-14-8-6-12(10-14)4-5-12/h11,13H,1-10H2. The zero-order chi connectivity index (χ0) is 9.43. The highest BCUT2D eigenvalue weighted by atomic mass is 15.2. The first-order valence-corrected chi connectivity index (χ1v) is 6.32. The van der Waals surface area contributed by atoms with E-state index in [9.17, 15) is 0 Å². The van der Waals surface area contributed by atoms with E-state index in [1.807, 2.05) is 0 Å². The molecule has 1 saturated carbocycles. The normalized spacial score (nSPS) is 36.4. The molecule has 2 heteroatoms. The van der Waals surface area contributed by atoms with Crippen LogP contribution in [0.4, 0.5) is 0 Å². The van der Waals surface area contributed by atoms with Crippen LogP contribution >= 0.6 is 0 Å². The fourth-order valence-corrected chi connectivity index (χ4v) is 3.16. The maximum Gasteiger partial charge on any atom is 0.0195 e. The molecule has 3 aliphatic rings. The van der Waals surface area contributed by atoms with Crippen LogP contribution in [-0.4, -0.2) is 37.1 Å². The van der Waals surface area contributed by atoms with Crippen molar-refractivity contribution in [1.29, 1.82) is 0 Å². The number of nitrogens with zero attached hydrogens (tertiary/aromatic N) is 1. The molecule has 1 atom stereocenters. The van der Waals surface area contributed by atoms with Crippen molar-refractivity contribution in [2.24, 2.45) is 5.41 Å². The molecule has 0 aromatic rings. The van der Waals surface area contributed by atoms with Gasteiger partial charge in [-0.15, -0.1) is 0 Å². The van der Waals surface area contributed by atoms with Gasteiger partial charge in [0.1, 0.15) is 0 Å². The van der Waals surface area contributed by atoms with Gasteiger partial charge >= 0.3 is 0 Å². The molecule has 1 unspecified atom stereocenters. The van der Waals surface area contributed by atoms with Crippen molar-refractivity contribution < 1.29 is 0 Å². The highest BCUT2D eigenvalue weighted by Gasteiger charge is 2.47. The molecule has 1 spiro atoms. The minimum Gasteiger partial charge on any atom is -0.313 e. The van der Waals surface area contributed by atoms with E-state index in [-0.39, 0.29) is 0 Å². The molecule has 3 rings (SSSR count). The van der Waals surface area contributed by atoms with Crippen molar-refractivity contribution in [3.63, 3.8) is 0 Å². The maximum absolute atomic E-state index is 3.65. The van der Waals surface area contributed by atoms with Crippen LogP contribution in [0.2, 0.25) is 0 Å². The van der Waals surface area contributed by atoms with Crippen LogP contribution in [0.5, 0.6) is 0 Å². The topological polar surface area (TPSA) is 15.3 Å². The summed E-state index contributed by atoms with van der Waals surface area (Å²) < 4.78 is 0. The molecule has 0 radical (unpaired) electrons. The van der Waals surface area contributed by atoms with Gasteiger partial charge in [-0.25, -0.2) is 0 Å². The van der Waals surface area contributed by atoms with Crippen LogP contribution in [0, 0.1) is 5.41 Å². The van der Waals surface area contributed by atoms with Crippen LogP contribution in [0.25, 0.3) is 0 Å². The summed E-state index contributed by atoms with van der Waals surface area (Å²) in [4.78, 5) is 2.70. The van der Waals surface area contributed by atoms with Gasteiger partial charge in [-0.3, -0.25) is 0 Å². The summed E-state index contributed by atoms with van der Waals surface area (Å²) in [5.74, 6) is 0. The van der Waals surface area contributed by atoms with E-state index < -0.39 is 0 Å². The predicted octanol–water partition coefficient (Wildman–Crippen LogP) is 1.61. The van der Waals surface area contributed by atoms with E-state index in [1.165, 1.54) is 64.7 Å². The van der Waals surface area contributed by atoms with Crippen molar-refractivity contribution in [3.8, 4) is 0 Å². The SMILES string of the molecule is C1CCC(CN2CCC3(CC3)C2)NC1. The molecule has 14 heavy (non-hydrogen) atoms. The van der Waals surface area contributed by atoms with Gasteiger partial charge in [0, 0.05) is 19.1 Å². The fourth-order valence-electron chi connectivity index (χ4n) is 3.16. The fraction of sp³-hybridized carbons (Fsp3) is 1.00. The molecule has 2 aliphatic heterocycles. The summed E-state index contributed by atoms with van der Waals surface area (Å²) in [7, 11) is 0. The Morgan fingerprint density at radius 2 is 2.14 bits per heavy atom. The van der Waals surface area contributed by atoms with Crippen LogP contribution in [0.15, 0.2) is 0 Å². The lowest BCUT2D eigenvalue weighted by molar-refractivity contribution is 0.254. The Morgan fingerprint density at radius 1 is 1.21 bits per heavy atom. The molecule has 3 fully saturated rings. The molecule has 2 nitrogen and oxygen atoms in total. The van der Waals surface area contributed by atoms with Crippen molar-refractivity contribution >= 4 is 0 Å². The third kappa shape index (κ3) is 1.82. The maximum atomic E-state index is 3.65. The highest BCUT2D eigenvalue weighted by Crippen LogP contribution is 2.52. The molecule has 2 heterocycles. The molecule has 1 aliphatic carbocycles. The van der Waals surface area contributed by atoms with E-state index in [0.717, 1.165) is 11.5 Å². The number of nitrogens with one attached hydrogen (secondary N) is 1. The monoisotopic (exact) mass is 194 g/mol. The summed E-state index contributed by atoms with van der Waals surface area (Å²) in [5.41, 5.74) is 0.814. The first kappa shape index (κ1) is 9.17. The van der Waals surface area contributed by atoms with Crippen LogP contribution in [0.1, 0.15) is 38.5 Å². The van der Waals surface area contributed by atoms with Gasteiger partial charge in [-0.1, -0.05) is 6.42 Å². The Hall–Kier alpha value is -0.0800. The van der Waals surface area contributed by atoms with E-state index >= 15 is 0 Å². The van der Waals surface area contributed by atoms with Gasteiger partial charge in [-0.2, -0.15) is 0 Å². The summed E-state index contributed by atoms with van der Waals surface area (Å²) in [6.07, 6.45) is 8.75. The van der Waals surface area contributed by atoms with Gasteiger partial charge in [0.25, 0.3) is 0 Å². The predicted molar refractivity (Wildman–Crippen MR) is 58.4 cm³/mol. The molecule has 80 valence electrons. The zero-order valence-corrected chi connectivity index (χ0v) is 9.10. The van der Waals surface area contributed by atoms with Gasteiger partial charge in [0.15, 0.2) is 0 Å². The van der Waals surface area contributed by atoms with Gasteiger partial charge in [0.2, 0.25) is 0 Å². The first-order valence-electron chi connectivity index (χ1n) is 6.32. The van der Waals surface area contributed by atoms with Crippen molar-refractivity contribution in [3.05, 3.63) is 0 Å². The Bertz CT molecular complexity index is 204. The van der Waals surface area contributed by atoms with E-state index in [2.05, 4.69) is 10.2 Å². The smallest absolute Gasteiger partial charge is 0.0195 e. The third-order valence-corrected chi connectivity index (χ3v) is 4.37. The molecule has 2 saturated heterocycles. The number of hydrogen-bond donors (Lipinski definition) is 1. The molecular formula is C12H22N2. The average molecular weight is 194 g/mol. The number of likely N-dealkylation sites (tertiary alicyclic amines) is 1. The van der Waals surface area contributed by atoms with Crippen molar-refractivity contribution in [2.45, 2.75) is 44.6 Å². The van der Waals surface area contributed by atoms with Crippen LogP contribution < -0.4 is 5.32 Å². The average Bonchev–Trinajstić information content (AvgIpc) is 2.84. The second-order valence-electron chi connectivity index (χ2n) is 5.63. The molecule has 1 N–H and O–H groups in total. The Kier molecular flexibility index (Phi) is 2.29. The zero-order valence-electron chi connectivity index (χ0n) is 9.10. The second-order valence-corrected chi connectivity index (χ2v) is 5.63. The van der Waals surface area contributed by atoms with Gasteiger partial charge in [-0.05, 0) is 50.6 Å². The van der Waals surface area contributed by atoms with Crippen LogP contribution in [-0.2, 0) is 0 Å². The second kappa shape index (κ2) is 3.49. The minimum absolute atomic E-state index is 0.803. The number of piperidine rings is 1. The van der Waals surface area contributed by atoms with E-state index in [4.69, 9.17) is 0 Å². The lowest BCUT2D eigenvalue weighted by atomic mass is 10.0. The Labute approximate surface area is 87.0 Å². The minimum atomic E-state index is 0.803.